The molecule has 0 unspecified atom stereocenters. The lowest BCUT2D eigenvalue weighted by molar-refractivity contribution is -0.136. The van der Waals surface area contributed by atoms with Gasteiger partial charge in [0.05, 0.1) is 4.91 Å². The number of rotatable bonds is 4. The van der Waals surface area contributed by atoms with E-state index in [9.17, 15) is 14.4 Å². The highest BCUT2D eigenvalue weighted by atomic mass is 32.2. The molecule has 2 aromatic heterocycles. The van der Waals surface area contributed by atoms with Crippen LogP contribution in [0.25, 0.3) is 11.9 Å². The maximum Gasteiger partial charge on any atom is 0.294 e. The average Bonchev–Trinajstić information content (AvgIpc) is 3.18. The maximum atomic E-state index is 12.8. The summed E-state index contributed by atoms with van der Waals surface area (Å²) in [5, 5.41) is -0.393. The Morgan fingerprint density at radius 2 is 1.93 bits per heavy atom. The summed E-state index contributed by atoms with van der Waals surface area (Å²) in [5.74, 6) is 0.233. The summed E-state index contributed by atoms with van der Waals surface area (Å²) < 4.78 is 2.01. The Labute approximate surface area is 179 Å². The molecule has 2 fully saturated rings. The third kappa shape index (κ3) is 3.92. The van der Waals surface area contributed by atoms with Crippen molar-refractivity contribution in [1.82, 2.24) is 19.4 Å². The third-order valence-electron chi connectivity index (χ3n) is 5.51. The summed E-state index contributed by atoms with van der Waals surface area (Å²) in [6.07, 6.45) is 6.53. The van der Waals surface area contributed by atoms with Gasteiger partial charge in [0, 0.05) is 30.7 Å². The standard InChI is InChI=1S/C22H24N4O3S/c1-15-12-17(16(2)26(15)19-8-4-5-9-23-19)13-18-21(28)25(22(29)30-18)14-20(27)24-10-6-3-7-11-24/h4-5,8-9,12-13H,3,6-7,10-11,14H2,1-2H3. The van der Waals surface area contributed by atoms with Crippen molar-refractivity contribution in [2.24, 2.45) is 0 Å². The second kappa shape index (κ2) is 8.47. The monoisotopic (exact) mass is 424 g/mol. The molecular weight excluding hydrogens is 400 g/mol. The first kappa shape index (κ1) is 20.4. The van der Waals surface area contributed by atoms with Gasteiger partial charge in [-0.3, -0.25) is 19.3 Å². The first-order chi connectivity index (χ1) is 14.5. The quantitative estimate of drug-likeness (QED) is 0.702. The van der Waals surface area contributed by atoms with E-state index in [1.54, 1.807) is 17.2 Å². The molecule has 2 aliphatic heterocycles. The van der Waals surface area contributed by atoms with Crippen molar-refractivity contribution in [1.29, 1.82) is 0 Å². The number of amides is 3. The minimum atomic E-state index is -0.405. The minimum absolute atomic E-state index is 0.161. The topological polar surface area (TPSA) is 75.5 Å². The fourth-order valence-corrected chi connectivity index (χ4v) is 4.76. The van der Waals surface area contributed by atoms with E-state index < -0.39 is 11.1 Å². The molecule has 8 heteroatoms. The molecule has 0 spiro atoms. The van der Waals surface area contributed by atoms with Crippen LogP contribution in [0.1, 0.15) is 36.2 Å². The molecule has 0 saturated carbocycles. The Bertz CT molecular complexity index is 1020. The molecule has 0 aliphatic carbocycles. The predicted molar refractivity (Wildman–Crippen MR) is 116 cm³/mol. The van der Waals surface area contributed by atoms with Crippen molar-refractivity contribution in [2.75, 3.05) is 19.6 Å². The van der Waals surface area contributed by atoms with Gasteiger partial charge >= 0.3 is 0 Å². The van der Waals surface area contributed by atoms with Crippen LogP contribution in [0.15, 0.2) is 35.4 Å². The fraction of sp³-hybridized carbons (Fsp3) is 0.364. The van der Waals surface area contributed by atoms with Crippen LogP contribution in [0, 0.1) is 13.8 Å². The third-order valence-corrected chi connectivity index (χ3v) is 6.42. The van der Waals surface area contributed by atoms with Gasteiger partial charge < -0.3 is 9.47 Å². The lowest BCUT2D eigenvalue weighted by Crippen LogP contribution is -2.44. The second-order valence-electron chi connectivity index (χ2n) is 7.56. The molecule has 4 heterocycles. The SMILES string of the molecule is Cc1cc(C=C2SC(=O)N(CC(=O)N3CCCCC3)C2=O)c(C)n1-c1ccccn1. The van der Waals surface area contributed by atoms with Gasteiger partial charge in [0.15, 0.2) is 0 Å². The summed E-state index contributed by atoms with van der Waals surface area (Å²) >= 11 is 0.888. The molecule has 156 valence electrons. The number of pyridine rings is 1. The first-order valence-electron chi connectivity index (χ1n) is 10.1. The molecule has 30 heavy (non-hydrogen) atoms. The lowest BCUT2D eigenvalue weighted by atomic mass is 10.1. The Kier molecular flexibility index (Phi) is 5.76. The highest BCUT2D eigenvalue weighted by Gasteiger charge is 2.37. The Balaban J connectivity index is 1.54. The summed E-state index contributed by atoms with van der Waals surface area (Å²) in [4.78, 5) is 45.3. The molecule has 0 radical (unpaired) electrons. The van der Waals surface area contributed by atoms with Crippen molar-refractivity contribution in [3.05, 3.63) is 52.3 Å². The lowest BCUT2D eigenvalue weighted by Gasteiger charge is -2.27. The molecule has 3 amide bonds. The van der Waals surface area contributed by atoms with Gasteiger partial charge in [0.25, 0.3) is 11.1 Å². The minimum Gasteiger partial charge on any atom is -0.341 e. The average molecular weight is 425 g/mol. The van der Waals surface area contributed by atoms with Crippen LogP contribution >= 0.6 is 11.8 Å². The highest BCUT2D eigenvalue weighted by Crippen LogP contribution is 2.33. The smallest absolute Gasteiger partial charge is 0.294 e. The zero-order valence-corrected chi connectivity index (χ0v) is 17.9. The van der Waals surface area contributed by atoms with Gasteiger partial charge in [-0.15, -0.1) is 0 Å². The first-order valence-corrected chi connectivity index (χ1v) is 10.9. The number of aryl methyl sites for hydroxylation is 1. The van der Waals surface area contributed by atoms with Gasteiger partial charge in [-0.2, -0.15) is 0 Å². The highest BCUT2D eigenvalue weighted by molar-refractivity contribution is 8.18. The van der Waals surface area contributed by atoms with Crippen molar-refractivity contribution < 1.29 is 14.4 Å². The number of aromatic nitrogens is 2. The van der Waals surface area contributed by atoms with Crippen LogP contribution < -0.4 is 0 Å². The van der Waals surface area contributed by atoms with Gasteiger partial charge in [0.1, 0.15) is 12.4 Å². The van der Waals surface area contributed by atoms with E-state index in [4.69, 9.17) is 0 Å². The van der Waals surface area contributed by atoms with Gasteiger partial charge in [0.2, 0.25) is 5.91 Å². The number of hydrogen-bond donors (Lipinski definition) is 0. The van der Waals surface area contributed by atoms with Crippen molar-refractivity contribution >= 4 is 34.9 Å². The molecule has 0 bridgehead atoms. The van der Waals surface area contributed by atoms with Crippen LogP contribution in [-0.4, -0.2) is 56.0 Å². The number of likely N-dealkylation sites (tertiary alicyclic amines) is 1. The summed E-state index contributed by atoms with van der Waals surface area (Å²) in [6.45, 7) is 5.14. The Morgan fingerprint density at radius 3 is 2.63 bits per heavy atom. The van der Waals surface area contributed by atoms with E-state index in [2.05, 4.69) is 4.98 Å². The van der Waals surface area contributed by atoms with Crippen LogP contribution in [0.5, 0.6) is 0 Å². The number of nitrogens with zero attached hydrogens (tertiary/aromatic N) is 4. The normalized spacial score (nSPS) is 18.5. The van der Waals surface area contributed by atoms with Crippen molar-refractivity contribution in [3.63, 3.8) is 0 Å². The molecule has 2 aliphatic rings. The van der Waals surface area contributed by atoms with E-state index in [1.165, 1.54) is 0 Å². The number of carbonyl (C=O) groups excluding carboxylic acids is 3. The van der Waals surface area contributed by atoms with Crippen LogP contribution in [0.2, 0.25) is 0 Å². The zero-order chi connectivity index (χ0) is 21.3. The van der Waals surface area contributed by atoms with E-state index in [0.717, 1.165) is 58.7 Å². The van der Waals surface area contributed by atoms with Crippen molar-refractivity contribution in [2.45, 2.75) is 33.1 Å². The molecule has 0 N–H and O–H groups in total. The molecule has 2 aromatic rings. The summed E-state index contributed by atoms with van der Waals surface area (Å²) in [6, 6.07) is 7.67. The number of thioether (sulfide) groups is 1. The number of carbonyl (C=O) groups is 3. The molecular formula is C22H24N4O3S. The van der Waals surface area contributed by atoms with Gasteiger partial charge in [-0.25, -0.2) is 4.98 Å². The van der Waals surface area contributed by atoms with Crippen LogP contribution in [0.4, 0.5) is 4.79 Å². The zero-order valence-electron chi connectivity index (χ0n) is 17.1. The van der Waals surface area contributed by atoms with Gasteiger partial charge in [-0.1, -0.05) is 6.07 Å². The number of hydrogen-bond acceptors (Lipinski definition) is 5. The second-order valence-corrected chi connectivity index (χ2v) is 8.55. The van der Waals surface area contributed by atoms with Crippen LogP contribution in [0.3, 0.4) is 0 Å². The molecule has 7 nitrogen and oxygen atoms in total. The molecule has 0 atom stereocenters. The summed E-state index contributed by atoms with van der Waals surface area (Å²) in [7, 11) is 0. The Hall–Kier alpha value is -2.87. The number of imide groups is 1. The van der Waals surface area contributed by atoms with Crippen molar-refractivity contribution in [3.8, 4) is 5.82 Å². The van der Waals surface area contributed by atoms with E-state index in [1.807, 2.05) is 42.7 Å². The largest absolute Gasteiger partial charge is 0.341 e. The maximum absolute atomic E-state index is 12.8. The molecule has 0 aromatic carbocycles. The summed E-state index contributed by atoms with van der Waals surface area (Å²) in [5.41, 5.74) is 2.77. The van der Waals surface area contributed by atoms with E-state index in [0.29, 0.717) is 18.0 Å². The van der Waals surface area contributed by atoms with Gasteiger partial charge in [-0.05, 0) is 74.7 Å². The van der Waals surface area contributed by atoms with Crippen LogP contribution in [-0.2, 0) is 9.59 Å². The number of piperidine rings is 1. The van der Waals surface area contributed by atoms with E-state index in [-0.39, 0.29) is 12.5 Å². The fourth-order valence-electron chi connectivity index (χ4n) is 3.93. The molecule has 2 saturated heterocycles. The molecule has 4 rings (SSSR count). The van der Waals surface area contributed by atoms with E-state index >= 15 is 0 Å². The Morgan fingerprint density at radius 1 is 1.17 bits per heavy atom. The predicted octanol–water partition coefficient (Wildman–Crippen LogP) is 3.54.